The van der Waals surface area contributed by atoms with Crippen molar-refractivity contribution in [2.45, 2.75) is 19.8 Å². The summed E-state index contributed by atoms with van der Waals surface area (Å²) in [5.41, 5.74) is 2.70. The van der Waals surface area contributed by atoms with Crippen molar-refractivity contribution >= 4 is 5.69 Å². The maximum atomic E-state index is 2.43. The summed E-state index contributed by atoms with van der Waals surface area (Å²) in [7, 11) is 0. The second-order valence-electron chi connectivity index (χ2n) is 3.71. The summed E-state index contributed by atoms with van der Waals surface area (Å²) in [5.74, 6) is 0. The zero-order valence-electron chi connectivity index (χ0n) is 8.16. The van der Waals surface area contributed by atoms with Gasteiger partial charge in [0.25, 0.3) is 0 Å². The Morgan fingerprint density at radius 3 is 2.54 bits per heavy atom. The molecule has 1 nitrogen and oxygen atoms in total. The second kappa shape index (κ2) is 3.82. The van der Waals surface area contributed by atoms with Crippen LogP contribution in [0.2, 0.25) is 0 Å². The molecule has 1 radical (unpaired) electrons. The van der Waals surface area contributed by atoms with Crippen molar-refractivity contribution < 1.29 is 0 Å². The Bertz CT molecular complexity index is 257. The van der Waals surface area contributed by atoms with Gasteiger partial charge in [0.2, 0.25) is 0 Å². The van der Waals surface area contributed by atoms with Crippen molar-refractivity contribution in [1.82, 2.24) is 0 Å². The van der Waals surface area contributed by atoms with Crippen LogP contribution in [0.15, 0.2) is 24.3 Å². The molecule has 0 aromatic heterocycles. The van der Waals surface area contributed by atoms with Crippen LogP contribution in [0.4, 0.5) is 5.69 Å². The molecule has 0 unspecified atom stereocenters. The van der Waals surface area contributed by atoms with Crippen LogP contribution in [0, 0.1) is 13.3 Å². The van der Waals surface area contributed by atoms with Gasteiger partial charge in [-0.3, -0.25) is 0 Å². The third-order valence-corrected chi connectivity index (χ3v) is 2.58. The molecule has 1 aromatic rings. The number of piperidine rings is 1. The van der Waals surface area contributed by atoms with Gasteiger partial charge in [0.05, 0.1) is 0 Å². The van der Waals surface area contributed by atoms with E-state index in [-0.39, 0.29) is 0 Å². The average Bonchev–Trinajstić information content (AvgIpc) is 2.20. The van der Waals surface area contributed by atoms with Crippen LogP contribution in [0.3, 0.4) is 0 Å². The molecule has 0 amide bonds. The van der Waals surface area contributed by atoms with E-state index in [1.54, 1.807) is 0 Å². The first-order valence-corrected chi connectivity index (χ1v) is 4.99. The van der Waals surface area contributed by atoms with Gasteiger partial charge in [-0.2, -0.15) is 0 Å². The monoisotopic (exact) mass is 174 g/mol. The fourth-order valence-corrected chi connectivity index (χ4v) is 1.75. The zero-order valence-corrected chi connectivity index (χ0v) is 8.16. The normalized spacial score (nSPS) is 17.5. The highest BCUT2D eigenvalue weighted by atomic mass is 15.1. The van der Waals surface area contributed by atoms with Gasteiger partial charge < -0.3 is 4.90 Å². The average molecular weight is 174 g/mol. The van der Waals surface area contributed by atoms with E-state index in [1.807, 2.05) is 0 Å². The first-order valence-electron chi connectivity index (χ1n) is 4.99. The van der Waals surface area contributed by atoms with E-state index in [1.165, 1.54) is 30.6 Å². The zero-order chi connectivity index (χ0) is 9.10. The number of anilines is 1. The quantitative estimate of drug-likeness (QED) is 0.632. The number of hydrogen-bond acceptors (Lipinski definition) is 1. The van der Waals surface area contributed by atoms with Crippen LogP contribution in [0.5, 0.6) is 0 Å². The highest BCUT2D eigenvalue weighted by molar-refractivity contribution is 5.48. The van der Waals surface area contributed by atoms with Gasteiger partial charge >= 0.3 is 0 Å². The molecule has 1 fully saturated rings. The van der Waals surface area contributed by atoms with Crippen LogP contribution in [-0.2, 0) is 0 Å². The summed E-state index contributed by atoms with van der Waals surface area (Å²) in [4.78, 5) is 2.43. The van der Waals surface area contributed by atoms with Crippen LogP contribution < -0.4 is 4.90 Å². The molecule has 0 N–H and O–H groups in total. The largest absolute Gasteiger partial charge is 0.371 e. The number of hydrogen-bond donors (Lipinski definition) is 0. The van der Waals surface area contributed by atoms with Gasteiger partial charge in [0.15, 0.2) is 0 Å². The molecule has 1 aliphatic rings. The summed E-state index contributed by atoms with van der Waals surface area (Å²) >= 11 is 0. The molecular formula is C12H16N. The SMILES string of the molecule is Cc1ccc(N2C[CH]CCC2)cc1. The topological polar surface area (TPSA) is 3.24 Å². The second-order valence-corrected chi connectivity index (χ2v) is 3.71. The van der Waals surface area contributed by atoms with Gasteiger partial charge in [-0.25, -0.2) is 0 Å². The summed E-state index contributed by atoms with van der Waals surface area (Å²) in [5, 5.41) is 0. The first kappa shape index (κ1) is 8.61. The Morgan fingerprint density at radius 1 is 1.15 bits per heavy atom. The number of rotatable bonds is 1. The molecule has 2 rings (SSSR count). The Labute approximate surface area is 80.4 Å². The third-order valence-electron chi connectivity index (χ3n) is 2.58. The summed E-state index contributed by atoms with van der Waals surface area (Å²) < 4.78 is 0. The lowest BCUT2D eigenvalue weighted by Gasteiger charge is -2.28. The van der Waals surface area contributed by atoms with Crippen molar-refractivity contribution in [3.05, 3.63) is 36.2 Å². The minimum atomic E-state index is 1.11. The lowest BCUT2D eigenvalue weighted by atomic mass is 10.1. The fraction of sp³-hybridized carbons (Fsp3) is 0.417. The van der Waals surface area contributed by atoms with E-state index in [4.69, 9.17) is 0 Å². The Hall–Kier alpha value is -0.980. The minimum absolute atomic E-state index is 1.11. The van der Waals surface area contributed by atoms with E-state index in [9.17, 15) is 0 Å². The van der Waals surface area contributed by atoms with E-state index < -0.39 is 0 Å². The molecule has 69 valence electrons. The molecule has 1 aromatic carbocycles. The van der Waals surface area contributed by atoms with Crippen molar-refractivity contribution in [3.63, 3.8) is 0 Å². The first-order chi connectivity index (χ1) is 6.36. The summed E-state index contributed by atoms with van der Waals surface area (Å²) in [6.45, 7) is 4.45. The highest BCUT2D eigenvalue weighted by Crippen LogP contribution is 2.19. The lowest BCUT2D eigenvalue weighted by molar-refractivity contribution is 0.671. The molecule has 1 heterocycles. The Balaban J connectivity index is 2.10. The number of aryl methyl sites for hydroxylation is 1. The van der Waals surface area contributed by atoms with E-state index in [0.29, 0.717) is 0 Å². The predicted octanol–water partition coefficient (Wildman–Crippen LogP) is 2.80. The van der Waals surface area contributed by atoms with Crippen molar-refractivity contribution in [2.75, 3.05) is 18.0 Å². The molecule has 0 aliphatic carbocycles. The van der Waals surface area contributed by atoms with Crippen LogP contribution in [0.1, 0.15) is 18.4 Å². The van der Waals surface area contributed by atoms with Crippen molar-refractivity contribution in [1.29, 1.82) is 0 Å². The smallest absolute Gasteiger partial charge is 0.0366 e. The maximum Gasteiger partial charge on any atom is 0.0366 e. The fourth-order valence-electron chi connectivity index (χ4n) is 1.75. The molecule has 0 bridgehead atoms. The molecule has 13 heavy (non-hydrogen) atoms. The van der Waals surface area contributed by atoms with Gasteiger partial charge in [-0.1, -0.05) is 17.7 Å². The van der Waals surface area contributed by atoms with Gasteiger partial charge in [-0.05, 0) is 38.3 Å². The van der Waals surface area contributed by atoms with Crippen molar-refractivity contribution in [2.24, 2.45) is 0 Å². The predicted molar refractivity (Wildman–Crippen MR) is 56.9 cm³/mol. The number of benzene rings is 1. The Morgan fingerprint density at radius 2 is 1.92 bits per heavy atom. The van der Waals surface area contributed by atoms with E-state index >= 15 is 0 Å². The minimum Gasteiger partial charge on any atom is -0.371 e. The highest BCUT2D eigenvalue weighted by Gasteiger charge is 2.09. The maximum absolute atomic E-state index is 2.43. The molecular weight excluding hydrogens is 158 g/mol. The molecule has 0 spiro atoms. The summed E-state index contributed by atoms with van der Waals surface area (Å²) in [6, 6.07) is 8.80. The van der Waals surface area contributed by atoms with Gasteiger partial charge in [-0.15, -0.1) is 0 Å². The molecule has 1 aliphatic heterocycles. The van der Waals surface area contributed by atoms with Gasteiger partial charge in [0.1, 0.15) is 0 Å². The van der Waals surface area contributed by atoms with Gasteiger partial charge in [0, 0.05) is 18.8 Å². The van der Waals surface area contributed by atoms with Crippen LogP contribution in [-0.4, -0.2) is 13.1 Å². The molecule has 0 atom stereocenters. The third kappa shape index (κ3) is 2.03. The molecule has 1 saturated heterocycles. The summed E-state index contributed by atoms with van der Waals surface area (Å²) in [6.07, 6.45) is 4.94. The lowest BCUT2D eigenvalue weighted by Crippen LogP contribution is -2.29. The van der Waals surface area contributed by atoms with E-state index in [2.05, 4.69) is 42.5 Å². The van der Waals surface area contributed by atoms with E-state index in [0.717, 1.165) is 6.54 Å². The molecule has 0 saturated carbocycles. The molecule has 1 heteroatoms. The van der Waals surface area contributed by atoms with Crippen molar-refractivity contribution in [3.8, 4) is 0 Å². The number of nitrogens with zero attached hydrogens (tertiary/aromatic N) is 1. The van der Waals surface area contributed by atoms with Crippen LogP contribution in [0.25, 0.3) is 0 Å². The Kier molecular flexibility index (Phi) is 2.53. The van der Waals surface area contributed by atoms with Crippen LogP contribution >= 0.6 is 0 Å². The standard InChI is InChI=1S/C12H16N/c1-11-5-7-12(8-6-11)13-9-3-2-4-10-13/h3,5-8H,2,4,9-10H2,1H3.